The van der Waals surface area contributed by atoms with Crippen LogP contribution in [0.4, 0.5) is 0 Å². The molecule has 3 heteroatoms. The maximum atomic E-state index is 11.5. The molecule has 2 aromatic carbocycles. The quantitative estimate of drug-likeness (QED) is 0.924. The van der Waals surface area contributed by atoms with E-state index in [1.54, 1.807) is 4.90 Å². The first kappa shape index (κ1) is 12.9. The predicted molar refractivity (Wildman–Crippen MR) is 80.1 cm³/mol. The normalized spacial score (nSPS) is 18.6. The van der Waals surface area contributed by atoms with Crippen molar-refractivity contribution in [3.63, 3.8) is 0 Å². The third-order valence-corrected chi connectivity index (χ3v) is 3.81. The Labute approximate surface area is 119 Å². The van der Waals surface area contributed by atoms with Crippen molar-refractivity contribution < 1.29 is 4.79 Å². The van der Waals surface area contributed by atoms with E-state index < -0.39 is 0 Å². The second kappa shape index (κ2) is 5.47. The fourth-order valence-corrected chi connectivity index (χ4v) is 2.58. The molecule has 1 N–H and O–H groups in total. The SMILES string of the molecule is CN1C(=O)CNC1Cc1cccc(-c2ccccc2)c1. The van der Waals surface area contributed by atoms with Crippen molar-refractivity contribution in [2.75, 3.05) is 13.6 Å². The van der Waals surface area contributed by atoms with Gasteiger partial charge in [-0.1, -0.05) is 54.6 Å². The summed E-state index contributed by atoms with van der Waals surface area (Å²) >= 11 is 0. The van der Waals surface area contributed by atoms with Gasteiger partial charge in [-0.2, -0.15) is 0 Å². The predicted octanol–water partition coefficient (Wildman–Crippen LogP) is 2.28. The number of nitrogens with zero attached hydrogens (tertiary/aromatic N) is 1. The van der Waals surface area contributed by atoms with Crippen LogP contribution >= 0.6 is 0 Å². The topological polar surface area (TPSA) is 32.3 Å². The number of likely N-dealkylation sites (N-methyl/N-ethyl adjacent to an activating group) is 1. The van der Waals surface area contributed by atoms with Crippen LogP contribution in [0.25, 0.3) is 11.1 Å². The smallest absolute Gasteiger partial charge is 0.237 e. The van der Waals surface area contributed by atoms with Crippen LogP contribution in [0.15, 0.2) is 54.6 Å². The lowest BCUT2D eigenvalue weighted by Gasteiger charge is -2.19. The van der Waals surface area contributed by atoms with E-state index in [1.165, 1.54) is 16.7 Å². The van der Waals surface area contributed by atoms with Gasteiger partial charge in [0.05, 0.1) is 12.7 Å². The zero-order valence-electron chi connectivity index (χ0n) is 11.5. The van der Waals surface area contributed by atoms with Gasteiger partial charge in [-0.25, -0.2) is 0 Å². The number of hydrogen-bond acceptors (Lipinski definition) is 2. The first-order chi connectivity index (χ1) is 9.74. The highest BCUT2D eigenvalue weighted by Gasteiger charge is 2.26. The molecule has 20 heavy (non-hydrogen) atoms. The minimum Gasteiger partial charge on any atom is -0.329 e. The minimum atomic E-state index is 0.105. The molecule has 0 aromatic heterocycles. The number of carbonyl (C=O) groups is 1. The van der Waals surface area contributed by atoms with Gasteiger partial charge in [-0.05, 0) is 16.7 Å². The van der Waals surface area contributed by atoms with Gasteiger partial charge in [0.25, 0.3) is 0 Å². The van der Waals surface area contributed by atoms with Crippen LogP contribution in [0.3, 0.4) is 0 Å². The third kappa shape index (κ3) is 2.58. The molecule has 2 aromatic rings. The molecule has 1 amide bonds. The first-order valence-corrected chi connectivity index (χ1v) is 6.87. The number of hydrogen-bond donors (Lipinski definition) is 1. The Morgan fingerprint density at radius 2 is 1.85 bits per heavy atom. The Morgan fingerprint density at radius 3 is 2.55 bits per heavy atom. The standard InChI is InChI=1S/C17H18N2O/c1-19-16(18-12-17(19)20)11-13-6-5-9-15(10-13)14-7-3-2-4-8-14/h2-10,16,18H,11-12H2,1H3. The van der Waals surface area contributed by atoms with Crippen LogP contribution in [0.5, 0.6) is 0 Å². The van der Waals surface area contributed by atoms with Gasteiger partial charge in [-0.15, -0.1) is 0 Å². The Kier molecular flexibility index (Phi) is 3.52. The van der Waals surface area contributed by atoms with Crippen LogP contribution in [0.1, 0.15) is 5.56 Å². The molecule has 0 saturated carbocycles. The number of rotatable bonds is 3. The molecule has 0 spiro atoms. The molecule has 1 heterocycles. The molecule has 1 atom stereocenters. The van der Waals surface area contributed by atoms with E-state index in [1.807, 2.05) is 25.2 Å². The van der Waals surface area contributed by atoms with Gasteiger partial charge in [0, 0.05) is 13.5 Å². The zero-order chi connectivity index (χ0) is 13.9. The van der Waals surface area contributed by atoms with Crippen molar-refractivity contribution >= 4 is 5.91 Å². The van der Waals surface area contributed by atoms with Crippen molar-refractivity contribution in [1.82, 2.24) is 10.2 Å². The summed E-state index contributed by atoms with van der Waals surface area (Å²) in [6.45, 7) is 0.444. The van der Waals surface area contributed by atoms with E-state index in [9.17, 15) is 4.79 Å². The summed E-state index contributed by atoms with van der Waals surface area (Å²) in [5.41, 5.74) is 3.68. The molecule has 1 fully saturated rings. The van der Waals surface area contributed by atoms with Crippen LogP contribution in [-0.4, -0.2) is 30.6 Å². The van der Waals surface area contributed by atoms with Crippen LogP contribution < -0.4 is 5.32 Å². The van der Waals surface area contributed by atoms with E-state index in [0.29, 0.717) is 6.54 Å². The monoisotopic (exact) mass is 266 g/mol. The maximum absolute atomic E-state index is 11.5. The summed E-state index contributed by atoms with van der Waals surface area (Å²) in [7, 11) is 1.86. The Morgan fingerprint density at radius 1 is 1.10 bits per heavy atom. The highest BCUT2D eigenvalue weighted by atomic mass is 16.2. The van der Waals surface area contributed by atoms with Gasteiger partial charge < -0.3 is 4.90 Å². The summed E-state index contributed by atoms with van der Waals surface area (Å²) in [6.07, 6.45) is 0.941. The number of benzene rings is 2. The average Bonchev–Trinajstić information content (AvgIpc) is 2.81. The van der Waals surface area contributed by atoms with E-state index in [0.717, 1.165) is 6.42 Å². The Bertz CT molecular complexity index is 609. The first-order valence-electron chi connectivity index (χ1n) is 6.87. The van der Waals surface area contributed by atoms with Crippen molar-refractivity contribution in [1.29, 1.82) is 0 Å². The van der Waals surface area contributed by atoms with Crippen LogP contribution in [0.2, 0.25) is 0 Å². The van der Waals surface area contributed by atoms with E-state index in [2.05, 4.69) is 41.7 Å². The minimum absolute atomic E-state index is 0.105. The second-order valence-corrected chi connectivity index (χ2v) is 5.17. The van der Waals surface area contributed by atoms with E-state index >= 15 is 0 Å². The number of amides is 1. The van der Waals surface area contributed by atoms with Gasteiger partial charge in [0.2, 0.25) is 5.91 Å². The summed E-state index contributed by atoms with van der Waals surface area (Å²) in [5, 5.41) is 3.24. The molecule has 0 bridgehead atoms. The van der Waals surface area contributed by atoms with Crippen molar-refractivity contribution in [2.24, 2.45) is 0 Å². The summed E-state index contributed by atoms with van der Waals surface area (Å²) in [5.74, 6) is 0.161. The number of nitrogens with one attached hydrogen (secondary N) is 1. The molecule has 1 aliphatic heterocycles. The van der Waals surface area contributed by atoms with Crippen LogP contribution in [-0.2, 0) is 11.2 Å². The largest absolute Gasteiger partial charge is 0.329 e. The third-order valence-electron chi connectivity index (χ3n) is 3.81. The Balaban J connectivity index is 1.80. The lowest BCUT2D eigenvalue weighted by Crippen LogP contribution is -2.35. The summed E-state index contributed by atoms with van der Waals surface area (Å²) < 4.78 is 0. The molecule has 1 unspecified atom stereocenters. The molecule has 102 valence electrons. The van der Waals surface area contributed by atoms with Crippen molar-refractivity contribution in [2.45, 2.75) is 12.6 Å². The van der Waals surface area contributed by atoms with E-state index in [4.69, 9.17) is 0 Å². The van der Waals surface area contributed by atoms with Gasteiger partial charge in [0.15, 0.2) is 0 Å². The summed E-state index contributed by atoms with van der Waals surface area (Å²) in [4.78, 5) is 13.3. The Hall–Kier alpha value is -2.13. The van der Waals surface area contributed by atoms with Crippen molar-refractivity contribution in [3.8, 4) is 11.1 Å². The highest BCUT2D eigenvalue weighted by Crippen LogP contribution is 2.21. The lowest BCUT2D eigenvalue weighted by molar-refractivity contribution is -0.126. The van der Waals surface area contributed by atoms with Gasteiger partial charge in [0.1, 0.15) is 0 Å². The maximum Gasteiger partial charge on any atom is 0.237 e. The van der Waals surface area contributed by atoms with Crippen LogP contribution in [0, 0.1) is 0 Å². The average molecular weight is 266 g/mol. The van der Waals surface area contributed by atoms with Gasteiger partial charge >= 0.3 is 0 Å². The summed E-state index contributed by atoms with van der Waals surface area (Å²) in [6, 6.07) is 18.9. The molecule has 1 aliphatic rings. The number of carbonyl (C=O) groups excluding carboxylic acids is 1. The van der Waals surface area contributed by atoms with E-state index in [-0.39, 0.29) is 12.1 Å². The molecular weight excluding hydrogens is 248 g/mol. The second-order valence-electron chi connectivity index (χ2n) is 5.17. The molecule has 0 aliphatic carbocycles. The fourth-order valence-electron chi connectivity index (χ4n) is 2.58. The molecule has 1 saturated heterocycles. The van der Waals surface area contributed by atoms with Gasteiger partial charge in [-0.3, -0.25) is 10.1 Å². The fraction of sp³-hybridized carbons (Fsp3) is 0.235. The lowest BCUT2D eigenvalue weighted by atomic mass is 10.0. The molecule has 0 radical (unpaired) electrons. The highest BCUT2D eigenvalue weighted by molar-refractivity contribution is 5.80. The van der Waals surface area contributed by atoms with Crippen molar-refractivity contribution in [3.05, 3.63) is 60.2 Å². The molecule has 3 rings (SSSR count). The molecule has 3 nitrogen and oxygen atoms in total. The molecular formula is C17H18N2O. The zero-order valence-corrected chi connectivity index (χ0v) is 11.5.